The van der Waals surface area contributed by atoms with E-state index >= 15 is 0 Å². The van der Waals surface area contributed by atoms with E-state index in [1.165, 1.54) is 10.7 Å². The number of hydrogen-bond donors (Lipinski definition) is 2. The van der Waals surface area contributed by atoms with Crippen molar-refractivity contribution in [3.8, 4) is 11.3 Å². The number of pyridine rings is 1. The predicted molar refractivity (Wildman–Crippen MR) is 122 cm³/mol. The van der Waals surface area contributed by atoms with Gasteiger partial charge < -0.3 is 19.7 Å². The number of amides is 1. The zero-order chi connectivity index (χ0) is 22.8. The molecule has 9 heteroatoms. The number of fused-ring (bicyclic) bond motifs is 2. The average Bonchev–Trinajstić information content (AvgIpc) is 3.51. The molecule has 0 saturated carbocycles. The van der Waals surface area contributed by atoms with Crippen LogP contribution in [0.25, 0.3) is 27.9 Å². The smallest absolute Gasteiger partial charge is 0.272 e. The van der Waals surface area contributed by atoms with E-state index in [2.05, 4.69) is 33.7 Å². The molecule has 9 nitrogen and oxygen atoms in total. The van der Waals surface area contributed by atoms with Crippen LogP contribution in [0.3, 0.4) is 0 Å². The maximum Gasteiger partial charge on any atom is 0.272 e. The van der Waals surface area contributed by atoms with E-state index in [4.69, 9.17) is 9.84 Å². The van der Waals surface area contributed by atoms with E-state index in [-0.39, 0.29) is 25.2 Å². The number of aromatic nitrogens is 5. The Morgan fingerprint density at radius 1 is 1.22 bits per heavy atom. The molecule has 5 rings (SSSR count). The number of ether oxygens (including phenoxy) is 1. The summed E-state index contributed by atoms with van der Waals surface area (Å²) in [7, 11) is 0. The van der Waals surface area contributed by atoms with Crippen molar-refractivity contribution in [2.24, 2.45) is 0 Å². The predicted octanol–water partition coefficient (Wildman–Crippen LogP) is 2.84. The maximum absolute atomic E-state index is 12.8. The maximum atomic E-state index is 12.8. The molecule has 5 heterocycles. The first-order valence-electron chi connectivity index (χ1n) is 10.9. The summed E-state index contributed by atoms with van der Waals surface area (Å²) in [5.41, 5.74) is 3.42. The summed E-state index contributed by atoms with van der Waals surface area (Å²) in [5, 5.41) is 18.4. The highest BCUT2D eigenvalue weighted by molar-refractivity contribution is 5.94. The lowest BCUT2D eigenvalue weighted by molar-refractivity contribution is 0.0879. The number of imidazole rings is 1. The molecule has 2 atom stereocenters. The third-order valence-corrected chi connectivity index (χ3v) is 5.38. The molecule has 0 aliphatic carbocycles. The second-order valence-electron chi connectivity index (χ2n) is 7.74. The van der Waals surface area contributed by atoms with Crippen molar-refractivity contribution < 1.29 is 14.6 Å². The van der Waals surface area contributed by atoms with Gasteiger partial charge in [0.2, 0.25) is 0 Å². The summed E-state index contributed by atoms with van der Waals surface area (Å²) in [4.78, 5) is 21.6. The molecule has 1 amide bonds. The van der Waals surface area contributed by atoms with Crippen molar-refractivity contribution in [1.82, 2.24) is 29.5 Å². The normalized spacial score (nSPS) is 18.2. The van der Waals surface area contributed by atoms with Gasteiger partial charge in [-0.1, -0.05) is 13.8 Å². The molecule has 0 radical (unpaired) electrons. The van der Waals surface area contributed by atoms with Crippen LogP contribution in [0.15, 0.2) is 42.9 Å². The number of aliphatic hydroxyl groups excluding tert-OH is 1. The minimum absolute atomic E-state index is 0.217. The highest BCUT2D eigenvalue weighted by Crippen LogP contribution is 2.30. The van der Waals surface area contributed by atoms with Crippen molar-refractivity contribution in [2.75, 3.05) is 13.2 Å². The molecule has 4 aromatic rings. The summed E-state index contributed by atoms with van der Waals surface area (Å²) in [6.45, 7) is 8.71. The molecule has 1 saturated heterocycles. The summed E-state index contributed by atoms with van der Waals surface area (Å²) in [6.07, 6.45) is 4.59. The number of hydrogen-bond acceptors (Lipinski definition) is 6. The Bertz CT molecular complexity index is 1250. The average molecular weight is 437 g/mol. The lowest BCUT2D eigenvalue weighted by Crippen LogP contribution is -2.42. The van der Waals surface area contributed by atoms with Crippen molar-refractivity contribution in [3.63, 3.8) is 0 Å². The van der Waals surface area contributed by atoms with Gasteiger partial charge in [0.25, 0.3) is 5.91 Å². The van der Waals surface area contributed by atoms with Gasteiger partial charge in [0, 0.05) is 29.4 Å². The third-order valence-electron chi connectivity index (χ3n) is 5.38. The molecule has 1 aliphatic heterocycles. The molecular weight excluding hydrogens is 408 g/mol. The summed E-state index contributed by atoms with van der Waals surface area (Å²) in [5.74, 6) is -0.354. The summed E-state index contributed by atoms with van der Waals surface area (Å²) < 4.78 is 8.84. The molecule has 0 aromatic carbocycles. The molecule has 32 heavy (non-hydrogen) atoms. The van der Waals surface area contributed by atoms with Crippen LogP contribution in [-0.4, -0.2) is 60.5 Å². The van der Waals surface area contributed by atoms with Gasteiger partial charge in [0.1, 0.15) is 5.65 Å². The molecule has 0 spiro atoms. The van der Waals surface area contributed by atoms with Gasteiger partial charge in [0.15, 0.2) is 11.3 Å². The third kappa shape index (κ3) is 3.85. The van der Waals surface area contributed by atoms with Crippen molar-refractivity contribution in [1.29, 1.82) is 0 Å². The number of nitrogens with one attached hydrogen (secondary N) is 1. The van der Waals surface area contributed by atoms with Crippen LogP contribution < -0.4 is 5.32 Å². The molecule has 1 aliphatic rings. The highest BCUT2D eigenvalue weighted by Gasteiger charge is 2.29. The van der Waals surface area contributed by atoms with Gasteiger partial charge in [-0.15, -0.1) is 0 Å². The van der Waals surface area contributed by atoms with Crippen molar-refractivity contribution in [2.45, 2.75) is 45.9 Å². The quantitative estimate of drug-likeness (QED) is 0.510. The van der Waals surface area contributed by atoms with E-state index in [0.29, 0.717) is 11.3 Å². The Morgan fingerprint density at radius 2 is 2.03 bits per heavy atom. The first-order chi connectivity index (χ1) is 15.5. The number of aliphatic hydroxyl groups is 1. The first-order valence-corrected chi connectivity index (χ1v) is 10.9. The number of carbonyl (C=O) groups excluding carboxylic acids is 1. The molecule has 1 fully saturated rings. The standard InChI is InChI=1S/C21H22N6O3.C2H6/c1-12(2)26-9-14(13-4-3-7-22-20(13)26)15-5-6-19-23-8-17(27(19)25-15)21(29)24-16-10-30-11-18(16)28;1-2/h3-9,12,16,18,28H,10-11H2,1-2H3,(H,24,29);1-2H3. The van der Waals surface area contributed by atoms with Gasteiger partial charge in [-0.2, -0.15) is 5.10 Å². The van der Waals surface area contributed by atoms with E-state index in [1.807, 2.05) is 44.3 Å². The van der Waals surface area contributed by atoms with Gasteiger partial charge in [-0.05, 0) is 38.1 Å². The lowest BCUT2D eigenvalue weighted by Gasteiger charge is -2.14. The van der Waals surface area contributed by atoms with Crippen LogP contribution in [0.2, 0.25) is 0 Å². The second kappa shape index (κ2) is 9.05. The van der Waals surface area contributed by atoms with E-state index in [1.54, 1.807) is 6.20 Å². The topological polar surface area (TPSA) is 107 Å². The molecular formula is C23H28N6O3. The molecule has 4 aromatic heterocycles. The Labute approximate surface area is 186 Å². The van der Waals surface area contributed by atoms with Crippen LogP contribution in [0, 0.1) is 0 Å². The zero-order valence-electron chi connectivity index (χ0n) is 18.7. The van der Waals surface area contributed by atoms with Gasteiger partial charge >= 0.3 is 0 Å². The highest BCUT2D eigenvalue weighted by atomic mass is 16.5. The Morgan fingerprint density at radius 3 is 2.75 bits per heavy atom. The van der Waals surface area contributed by atoms with Crippen LogP contribution in [0.5, 0.6) is 0 Å². The van der Waals surface area contributed by atoms with Gasteiger partial charge in [-0.3, -0.25) is 4.79 Å². The minimum atomic E-state index is -0.716. The number of nitrogens with zero attached hydrogens (tertiary/aromatic N) is 5. The Kier molecular flexibility index (Phi) is 6.20. The fourth-order valence-corrected chi connectivity index (χ4v) is 3.78. The van der Waals surface area contributed by atoms with Crippen molar-refractivity contribution >= 4 is 22.6 Å². The lowest BCUT2D eigenvalue weighted by atomic mass is 10.1. The largest absolute Gasteiger partial charge is 0.388 e. The number of rotatable bonds is 4. The fraction of sp³-hybridized carbons (Fsp3) is 0.391. The molecule has 168 valence electrons. The zero-order valence-corrected chi connectivity index (χ0v) is 18.7. The van der Waals surface area contributed by atoms with Crippen LogP contribution in [0.4, 0.5) is 0 Å². The van der Waals surface area contributed by atoms with Gasteiger partial charge in [0.05, 0.1) is 37.3 Å². The van der Waals surface area contributed by atoms with E-state index < -0.39 is 12.1 Å². The van der Waals surface area contributed by atoms with Crippen LogP contribution in [-0.2, 0) is 4.74 Å². The van der Waals surface area contributed by atoms with E-state index in [9.17, 15) is 9.90 Å². The Hall–Kier alpha value is -3.30. The first kappa shape index (κ1) is 21.9. The Balaban J connectivity index is 0.00000119. The van der Waals surface area contributed by atoms with Crippen molar-refractivity contribution in [3.05, 3.63) is 48.5 Å². The minimum Gasteiger partial charge on any atom is -0.388 e. The summed E-state index contributed by atoms with van der Waals surface area (Å²) >= 11 is 0. The SMILES string of the molecule is CC.CC(C)n1cc(-c2ccc3ncc(C(=O)NC4COCC4O)n3n2)c2cccnc21. The summed E-state index contributed by atoms with van der Waals surface area (Å²) in [6, 6.07) is 7.45. The second-order valence-corrected chi connectivity index (χ2v) is 7.74. The fourth-order valence-electron chi connectivity index (χ4n) is 3.78. The van der Waals surface area contributed by atoms with Crippen LogP contribution in [0.1, 0.15) is 44.2 Å². The number of carbonyl (C=O) groups is 1. The monoisotopic (exact) mass is 436 g/mol. The molecule has 2 N–H and O–H groups in total. The molecule has 2 unspecified atom stereocenters. The van der Waals surface area contributed by atoms with E-state index in [0.717, 1.165) is 22.3 Å². The van der Waals surface area contributed by atoms with Gasteiger partial charge in [-0.25, -0.2) is 14.5 Å². The molecule has 0 bridgehead atoms. The van der Waals surface area contributed by atoms with Crippen LogP contribution >= 0.6 is 0 Å².